The van der Waals surface area contributed by atoms with Crippen LogP contribution >= 0.6 is 0 Å². The third-order valence-electron chi connectivity index (χ3n) is 8.11. The Morgan fingerprint density at radius 1 is 0.949 bits per heavy atom. The van der Waals surface area contributed by atoms with Gasteiger partial charge in [0.25, 0.3) is 0 Å². The molecule has 2 aliphatic rings. The molecule has 0 spiro atoms. The number of nitrogens with two attached hydrogens (primary N) is 1. The van der Waals surface area contributed by atoms with E-state index in [1.165, 1.54) is 78.6 Å². The van der Waals surface area contributed by atoms with Gasteiger partial charge in [-0.3, -0.25) is 0 Å². The summed E-state index contributed by atoms with van der Waals surface area (Å²) in [4.78, 5) is 12.2. The average Bonchev–Trinajstić information content (AvgIpc) is 3.37. The monoisotopic (exact) mass is 543 g/mol. The highest BCUT2D eigenvalue weighted by Gasteiger charge is 2.24. The molecule has 1 atom stereocenters. The summed E-state index contributed by atoms with van der Waals surface area (Å²) >= 11 is 0. The molecule has 0 radical (unpaired) electrons. The van der Waals surface area contributed by atoms with Crippen molar-refractivity contribution in [2.45, 2.75) is 58.4 Å². The minimum Gasteiger partial charge on any atom is -0.324 e. The Hall–Kier alpha value is -3.33. The van der Waals surface area contributed by atoms with Crippen molar-refractivity contribution in [3.8, 4) is 11.1 Å². The fourth-order valence-electron chi connectivity index (χ4n) is 5.88. The second-order valence-corrected chi connectivity index (χ2v) is 11.2. The molecular weight excluding hydrogens is 506 g/mol. The van der Waals surface area contributed by atoms with E-state index in [4.69, 9.17) is 13.4 Å². The molecular formula is C31H37N5O2S. The van der Waals surface area contributed by atoms with Crippen LogP contribution in [0, 0.1) is 13.8 Å². The number of rotatable bonds is 4. The van der Waals surface area contributed by atoms with Crippen molar-refractivity contribution in [2.75, 3.05) is 18.4 Å². The summed E-state index contributed by atoms with van der Waals surface area (Å²) in [6.07, 6.45) is 9.56. The molecule has 0 bridgehead atoms. The van der Waals surface area contributed by atoms with Crippen molar-refractivity contribution in [2.24, 2.45) is 5.14 Å². The Balaban J connectivity index is 0.000000723. The lowest BCUT2D eigenvalue weighted by atomic mass is 9.96. The van der Waals surface area contributed by atoms with Crippen LogP contribution in [-0.2, 0) is 23.7 Å². The van der Waals surface area contributed by atoms with E-state index in [9.17, 15) is 0 Å². The molecule has 0 amide bonds. The van der Waals surface area contributed by atoms with Gasteiger partial charge < -0.3 is 10.2 Å². The van der Waals surface area contributed by atoms with E-state index in [-0.39, 0.29) is 0 Å². The lowest BCUT2D eigenvalue weighted by Gasteiger charge is -2.25. The summed E-state index contributed by atoms with van der Waals surface area (Å²) in [5.41, 5.74) is 10.1. The van der Waals surface area contributed by atoms with E-state index < -0.39 is 10.9 Å². The minimum absolute atomic E-state index is 0.652. The second-order valence-electron chi connectivity index (χ2n) is 10.6. The number of fused-ring (bicyclic) bond motifs is 2. The number of hydrogen-bond donors (Lipinski definition) is 3. The lowest BCUT2D eigenvalue weighted by molar-refractivity contribution is 0.222. The Morgan fingerprint density at radius 2 is 1.69 bits per heavy atom. The van der Waals surface area contributed by atoms with Crippen LogP contribution in [0.5, 0.6) is 0 Å². The molecule has 1 fully saturated rings. The molecule has 0 saturated carbocycles. The number of aromatic nitrogens is 2. The molecule has 7 nitrogen and oxygen atoms in total. The lowest BCUT2D eigenvalue weighted by Crippen LogP contribution is -2.32. The molecule has 1 aliphatic carbocycles. The van der Waals surface area contributed by atoms with E-state index in [0.717, 1.165) is 29.1 Å². The molecule has 8 heteroatoms. The van der Waals surface area contributed by atoms with Crippen LogP contribution < -0.4 is 10.5 Å². The van der Waals surface area contributed by atoms with Crippen LogP contribution in [0.2, 0.25) is 0 Å². The average molecular weight is 544 g/mol. The predicted octanol–water partition coefficient (Wildman–Crippen LogP) is 5.47. The first kappa shape index (κ1) is 27.2. The molecule has 1 aromatic heterocycles. The maximum absolute atomic E-state index is 8.81. The van der Waals surface area contributed by atoms with Crippen LogP contribution in [0.3, 0.4) is 0 Å². The highest BCUT2D eigenvalue weighted by molar-refractivity contribution is 7.69. The number of likely N-dealkylation sites (tertiary alicyclic amines) is 1. The molecule has 2 heterocycles. The van der Waals surface area contributed by atoms with E-state index in [1.54, 1.807) is 0 Å². The van der Waals surface area contributed by atoms with Gasteiger partial charge in [0.1, 0.15) is 0 Å². The van der Waals surface area contributed by atoms with Gasteiger partial charge in [-0.1, -0.05) is 36.4 Å². The SMILES string of the molecule is Cc1cccc(-c2ccc3cnc(Nc4ccc5c(c4)CCC(N4CCCC4)CC5)nc3c2)c1C.N[SH](=O)=O. The molecule has 3 aromatic carbocycles. The van der Waals surface area contributed by atoms with E-state index in [2.05, 4.69) is 88.8 Å². The van der Waals surface area contributed by atoms with Crippen molar-refractivity contribution in [1.29, 1.82) is 0 Å². The summed E-state index contributed by atoms with van der Waals surface area (Å²) in [6.45, 7) is 6.93. The summed E-state index contributed by atoms with van der Waals surface area (Å²) in [5.74, 6) is 0.652. The number of hydrogen-bond acceptors (Lipinski definition) is 6. The summed E-state index contributed by atoms with van der Waals surface area (Å²) < 4.78 is 17.6. The Labute approximate surface area is 232 Å². The van der Waals surface area contributed by atoms with Gasteiger partial charge in [-0.25, -0.2) is 23.5 Å². The maximum atomic E-state index is 8.81. The molecule has 1 aliphatic heterocycles. The topological polar surface area (TPSA) is 101 Å². The van der Waals surface area contributed by atoms with Gasteiger partial charge in [-0.2, -0.15) is 0 Å². The molecule has 204 valence electrons. The quantitative estimate of drug-likeness (QED) is 0.233. The fourth-order valence-corrected chi connectivity index (χ4v) is 5.88. The summed E-state index contributed by atoms with van der Waals surface area (Å²) in [7, 11) is -2.62. The van der Waals surface area contributed by atoms with Gasteiger partial charge in [0, 0.05) is 23.3 Å². The van der Waals surface area contributed by atoms with Crippen LogP contribution in [0.4, 0.5) is 11.6 Å². The highest BCUT2D eigenvalue weighted by atomic mass is 32.2. The highest BCUT2D eigenvalue weighted by Crippen LogP contribution is 2.30. The Bertz CT molecular complexity index is 1540. The fraction of sp³-hybridized carbons (Fsp3) is 0.355. The number of thiol groups is 1. The zero-order valence-electron chi connectivity index (χ0n) is 22.7. The third kappa shape index (κ3) is 6.64. The first-order valence-electron chi connectivity index (χ1n) is 13.7. The zero-order chi connectivity index (χ0) is 27.4. The van der Waals surface area contributed by atoms with E-state index in [0.29, 0.717) is 5.95 Å². The largest absolute Gasteiger partial charge is 0.324 e. The Morgan fingerprint density at radius 3 is 2.46 bits per heavy atom. The summed E-state index contributed by atoms with van der Waals surface area (Å²) in [5, 5.41) is 8.60. The first-order valence-corrected chi connectivity index (χ1v) is 15.0. The standard InChI is InChI=1S/C31H34N4.H3NO2S/c1-21-6-5-7-29(22(21)2)25-8-9-26-20-32-31(34-30(26)19-25)33-27-13-10-23-11-14-28(15-12-24(23)18-27)35-16-3-4-17-35;1-4(2)3/h5-10,13,18-20,28H,3-4,11-12,14-17H2,1-2H3,(H,32,33,34);4H,(H2,1,2,3). The molecule has 1 saturated heterocycles. The number of aryl methyl sites for hydroxylation is 3. The zero-order valence-corrected chi connectivity index (χ0v) is 23.6. The molecule has 3 N–H and O–H groups in total. The van der Waals surface area contributed by atoms with Crippen LogP contribution in [-0.4, -0.2) is 42.4 Å². The maximum Gasteiger partial charge on any atom is 0.227 e. The first-order chi connectivity index (χ1) is 18.9. The molecule has 1 unspecified atom stereocenters. The van der Waals surface area contributed by atoms with E-state index in [1.807, 2.05) is 6.20 Å². The van der Waals surface area contributed by atoms with Crippen molar-refractivity contribution in [3.63, 3.8) is 0 Å². The van der Waals surface area contributed by atoms with Gasteiger partial charge in [-0.05, 0) is 117 Å². The van der Waals surface area contributed by atoms with Gasteiger partial charge in [0.2, 0.25) is 5.95 Å². The van der Waals surface area contributed by atoms with Gasteiger partial charge in [-0.15, -0.1) is 0 Å². The predicted molar refractivity (Wildman–Crippen MR) is 160 cm³/mol. The number of benzene rings is 3. The third-order valence-corrected chi connectivity index (χ3v) is 8.11. The van der Waals surface area contributed by atoms with Crippen molar-refractivity contribution >= 4 is 33.4 Å². The minimum atomic E-state index is -2.62. The van der Waals surface area contributed by atoms with Crippen molar-refractivity contribution < 1.29 is 8.42 Å². The van der Waals surface area contributed by atoms with Gasteiger partial charge in [0.05, 0.1) is 5.52 Å². The van der Waals surface area contributed by atoms with Crippen molar-refractivity contribution in [3.05, 3.63) is 83.0 Å². The number of anilines is 2. The molecule has 4 aromatic rings. The molecule has 6 rings (SSSR count). The normalized spacial score (nSPS) is 17.4. The second kappa shape index (κ2) is 12.2. The van der Waals surface area contributed by atoms with Gasteiger partial charge >= 0.3 is 0 Å². The van der Waals surface area contributed by atoms with Crippen LogP contribution in [0.1, 0.15) is 47.9 Å². The summed E-state index contributed by atoms with van der Waals surface area (Å²) in [6, 6.07) is 20.5. The van der Waals surface area contributed by atoms with E-state index >= 15 is 0 Å². The van der Waals surface area contributed by atoms with Crippen LogP contribution in [0.25, 0.3) is 22.0 Å². The number of nitrogens with zero attached hydrogens (tertiary/aromatic N) is 3. The number of nitrogens with one attached hydrogen (secondary N) is 1. The smallest absolute Gasteiger partial charge is 0.227 e. The Kier molecular flexibility index (Phi) is 8.55. The molecule has 39 heavy (non-hydrogen) atoms. The van der Waals surface area contributed by atoms with Crippen molar-refractivity contribution in [1.82, 2.24) is 14.9 Å². The van der Waals surface area contributed by atoms with Gasteiger partial charge in [0.15, 0.2) is 10.9 Å². The van der Waals surface area contributed by atoms with Crippen LogP contribution in [0.15, 0.2) is 60.8 Å².